The van der Waals surface area contributed by atoms with Crippen molar-refractivity contribution in [2.45, 2.75) is 53.4 Å². The molecule has 11 heteroatoms. The Morgan fingerprint density at radius 1 is 0.622 bits per heavy atom. The number of halogens is 4. The van der Waals surface area contributed by atoms with Crippen LogP contribution in [-0.2, 0) is 48.6 Å². The first-order valence-electron chi connectivity index (χ1n) is 14.6. The summed E-state index contributed by atoms with van der Waals surface area (Å²) in [5, 5.41) is 0. The van der Waals surface area contributed by atoms with E-state index in [-0.39, 0.29) is 49.9 Å². The van der Waals surface area contributed by atoms with Gasteiger partial charge in [0.05, 0.1) is 0 Å². The van der Waals surface area contributed by atoms with Crippen molar-refractivity contribution >= 4 is 31.4 Å². The van der Waals surface area contributed by atoms with Crippen LogP contribution in [0.15, 0.2) is 68.5 Å². The molecule has 0 radical (unpaired) electrons. The molecule has 0 unspecified atom stereocenters. The van der Waals surface area contributed by atoms with Gasteiger partial charge in [0.1, 0.15) is 0 Å². The standard InChI is InChI=1S/2C12H12F2NO2.2C5H5.Ti/c2*1-8(16)15(9(2)17)6-5-10-3-4-11(13)7-12(10)14;2*1-2-4-5-3-1;/h2*3-4H,5-6H2,1-2H3;2*1-3H,4H2;. The zero-order valence-corrected chi connectivity index (χ0v) is 27.1. The first kappa shape index (κ1) is 34.0. The van der Waals surface area contributed by atoms with Gasteiger partial charge in [-0.3, -0.25) is 0 Å². The molecule has 0 spiro atoms. The van der Waals surface area contributed by atoms with E-state index in [1.807, 2.05) is 0 Å². The summed E-state index contributed by atoms with van der Waals surface area (Å²) < 4.78 is 66.5. The second-order valence-corrected chi connectivity index (χ2v) is 17.0. The van der Waals surface area contributed by atoms with E-state index in [0.29, 0.717) is 7.76 Å². The number of rotatable bonds is 10. The van der Waals surface area contributed by atoms with Gasteiger partial charge in [0.2, 0.25) is 0 Å². The third kappa shape index (κ3) is 6.58. The predicted molar refractivity (Wildman–Crippen MR) is 159 cm³/mol. The fourth-order valence-electron chi connectivity index (χ4n) is 6.23. The summed E-state index contributed by atoms with van der Waals surface area (Å²) in [5.41, 5.74) is 0.00471. The third-order valence-electron chi connectivity index (χ3n) is 8.33. The summed E-state index contributed by atoms with van der Waals surface area (Å²) in [5.74, 6) is -5.96. The Morgan fingerprint density at radius 3 is 1.27 bits per heavy atom. The van der Waals surface area contributed by atoms with Crippen molar-refractivity contribution in [3.8, 4) is 0 Å². The molecule has 45 heavy (non-hydrogen) atoms. The minimum absolute atomic E-state index is 0.00235. The Kier molecular flexibility index (Phi) is 10.6. The summed E-state index contributed by atoms with van der Waals surface area (Å²) in [7, 11) is 0. The van der Waals surface area contributed by atoms with Crippen LogP contribution < -0.4 is 7.74 Å². The first-order valence-corrected chi connectivity index (χ1v) is 17.7. The molecule has 0 saturated carbocycles. The maximum atomic E-state index is 16.9. The van der Waals surface area contributed by atoms with E-state index < -0.39 is 71.2 Å². The van der Waals surface area contributed by atoms with Crippen molar-refractivity contribution in [3.05, 3.63) is 103 Å². The van der Waals surface area contributed by atoms with E-state index >= 15 is 17.6 Å². The molecular formula is C34H34F4N2O4Ti. The van der Waals surface area contributed by atoms with Gasteiger partial charge < -0.3 is 0 Å². The molecular weight excluding hydrogens is 624 g/mol. The molecule has 0 atom stereocenters. The number of imide groups is 2. The zero-order chi connectivity index (χ0) is 33.1. The number of hydrogen-bond acceptors (Lipinski definition) is 4. The molecule has 2 aliphatic carbocycles. The quantitative estimate of drug-likeness (QED) is 0.269. The topological polar surface area (TPSA) is 74.8 Å². The molecule has 4 rings (SSSR count). The van der Waals surface area contributed by atoms with Crippen molar-refractivity contribution in [3.63, 3.8) is 0 Å². The first-order chi connectivity index (χ1) is 21.3. The van der Waals surface area contributed by atoms with Crippen LogP contribution >= 0.6 is 0 Å². The van der Waals surface area contributed by atoms with Crippen LogP contribution in [0.1, 0.15) is 51.7 Å². The Balaban J connectivity index is 1.98. The Hall–Kier alpha value is -3.89. The van der Waals surface area contributed by atoms with Gasteiger partial charge in [-0.2, -0.15) is 0 Å². The summed E-state index contributed by atoms with van der Waals surface area (Å²) in [4.78, 5) is 49.8. The molecule has 0 aliphatic heterocycles. The normalized spacial score (nSPS) is 14.0. The Morgan fingerprint density at radius 2 is 0.978 bits per heavy atom. The number of nitrogens with zero attached hydrogens (tertiary/aromatic N) is 2. The second kappa shape index (κ2) is 14.0. The van der Waals surface area contributed by atoms with Crippen LogP contribution in [0.4, 0.5) is 17.6 Å². The summed E-state index contributed by atoms with van der Waals surface area (Å²) in [6.45, 7) is 4.50. The van der Waals surface area contributed by atoms with E-state index in [9.17, 15) is 19.2 Å². The van der Waals surface area contributed by atoms with Gasteiger partial charge in [-0.15, -0.1) is 0 Å². The molecule has 2 aromatic rings. The van der Waals surface area contributed by atoms with Gasteiger partial charge in [-0.05, 0) is 0 Å². The fraction of sp³-hybridized carbons (Fsp3) is 0.294. The summed E-state index contributed by atoms with van der Waals surface area (Å²) in [6, 6.07) is 4.60. The van der Waals surface area contributed by atoms with Crippen LogP contribution in [0.2, 0.25) is 0 Å². The van der Waals surface area contributed by atoms with Crippen LogP contribution in [0.5, 0.6) is 0 Å². The van der Waals surface area contributed by atoms with E-state index in [1.54, 1.807) is 36.5 Å². The molecule has 2 aliphatic rings. The van der Waals surface area contributed by atoms with Crippen molar-refractivity contribution < 1.29 is 53.3 Å². The monoisotopic (exact) mass is 658 g/mol. The van der Waals surface area contributed by atoms with Crippen molar-refractivity contribution in [2.75, 3.05) is 13.1 Å². The molecule has 0 aromatic heterocycles. The van der Waals surface area contributed by atoms with E-state index in [0.717, 1.165) is 21.9 Å². The molecule has 0 heterocycles. The number of hydrogen-bond donors (Lipinski definition) is 0. The van der Waals surface area contributed by atoms with E-state index in [4.69, 9.17) is 0 Å². The Labute approximate surface area is 263 Å². The van der Waals surface area contributed by atoms with Crippen molar-refractivity contribution in [2.24, 2.45) is 0 Å². The molecule has 236 valence electrons. The molecule has 0 N–H and O–H groups in total. The SMILES string of the molecule is CC(=O)N(CCc1ccc(F)[c]([Ti]([C]2=CC=CC2)([C]2=CC=CC2)[c]2c(F)ccc(CCN(C(C)=O)C(C)=O)c2F)c1F)C(C)=O. The number of amides is 4. The number of carbonyl (C=O) groups is 4. The van der Waals surface area contributed by atoms with Gasteiger partial charge >= 0.3 is 264 Å². The zero-order valence-electron chi connectivity index (χ0n) is 25.6. The predicted octanol–water partition coefficient (Wildman–Crippen LogP) is 4.91. The minimum atomic E-state index is -5.11. The summed E-state index contributed by atoms with van der Waals surface area (Å²) >= 11 is -5.11. The Bertz CT molecular complexity index is 1540. The third-order valence-corrected chi connectivity index (χ3v) is 16.3. The fourth-order valence-corrected chi connectivity index (χ4v) is 14.6. The molecule has 0 saturated heterocycles. The van der Waals surface area contributed by atoms with Crippen LogP contribution in [0, 0.1) is 23.3 Å². The molecule has 0 fully saturated rings. The van der Waals surface area contributed by atoms with Gasteiger partial charge in [-0.25, -0.2) is 0 Å². The summed E-state index contributed by atoms with van der Waals surface area (Å²) in [6.07, 6.45) is 10.5. The second-order valence-electron chi connectivity index (χ2n) is 11.1. The molecule has 6 nitrogen and oxygen atoms in total. The van der Waals surface area contributed by atoms with E-state index in [1.165, 1.54) is 39.8 Å². The van der Waals surface area contributed by atoms with Crippen LogP contribution in [-0.4, -0.2) is 46.5 Å². The van der Waals surface area contributed by atoms with Gasteiger partial charge in [0, 0.05) is 0 Å². The van der Waals surface area contributed by atoms with Crippen molar-refractivity contribution in [1.29, 1.82) is 0 Å². The average Bonchev–Trinajstić information content (AvgIpc) is 3.69. The number of allylic oxidation sites excluding steroid dienone is 8. The van der Waals surface area contributed by atoms with E-state index in [2.05, 4.69) is 0 Å². The number of carbonyl (C=O) groups excluding carboxylic acids is 4. The maximum absolute atomic E-state index is 16.9. The average molecular weight is 659 g/mol. The van der Waals surface area contributed by atoms with Gasteiger partial charge in [-0.1, -0.05) is 0 Å². The number of benzene rings is 2. The van der Waals surface area contributed by atoms with Crippen molar-refractivity contribution in [1.82, 2.24) is 9.80 Å². The van der Waals surface area contributed by atoms with Crippen LogP contribution in [0.3, 0.4) is 0 Å². The van der Waals surface area contributed by atoms with Gasteiger partial charge in [0.25, 0.3) is 0 Å². The van der Waals surface area contributed by atoms with Gasteiger partial charge in [0.15, 0.2) is 0 Å². The molecule has 2 aromatic carbocycles. The molecule has 4 amide bonds. The van der Waals surface area contributed by atoms with Crippen LogP contribution in [0.25, 0.3) is 0 Å². The molecule has 0 bridgehead atoms.